The summed E-state index contributed by atoms with van der Waals surface area (Å²) in [4.78, 5) is 45.9. The summed E-state index contributed by atoms with van der Waals surface area (Å²) in [6, 6.07) is 12.6. The van der Waals surface area contributed by atoms with Crippen molar-refractivity contribution < 1.29 is 23.9 Å². The minimum atomic E-state index is -0.951. The number of hydrogen-bond donors (Lipinski definition) is 3. The molecule has 0 bridgehead atoms. The van der Waals surface area contributed by atoms with Crippen LogP contribution in [0.3, 0.4) is 0 Å². The summed E-state index contributed by atoms with van der Waals surface area (Å²) in [7, 11) is 1.29. The van der Waals surface area contributed by atoms with Crippen LogP contribution in [0.4, 0.5) is 11.4 Å². The highest BCUT2D eigenvalue weighted by Crippen LogP contribution is 2.13. The van der Waals surface area contributed by atoms with Gasteiger partial charge < -0.3 is 15.4 Å². The SMILES string of the molecule is COC(=O)c1ccc(/C=N/NC(=O)C(=O)Nc2ccc(NC(C)=O)cc2)cc1. The van der Waals surface area contributed by atoms with Gasteiger partial charge >= 0.3 is 17.8 Å². The Bertz CT molecular complexity index is 905. The Morgan fingerprint density at radius 1 is 0.857 bits per heavy atom. The van der Waals surface area contributed by atoms with Gasteiger partial charge in [-0.2, -0.15) is 5.10 Å². The van der Waals surface area contributed by atoms with Gasteiger partial charge in [-0.25, -0.2) is 10.2 Å². The van der Waals surface area contributed by atoms with Gasteiger partial charge in [-0.3, -0.25) is 14.4 Å². The van der Waals surface area contributed by atoms with Crippen LogP contribution in [0.2, 0.25) is 0 Å². The van der Waals surface area contributed by atoms with E-state index in [0.717, 1.165) is 0 Å². The maximum absolute atomic E-state index is 11.9. The van der Waals surface area contributed by atoms with E-state index in [2.05, 4.69) is 25.9 Å². The Labute approximate surface area is 160 Å². The summed E-state index contributed by atoms with van der Waals surface area (Å²) in [5, 5.41) is 8.69. The van der Waals surface area contributed by atoms with E-state index in [4.69, 9.17) is 0 Å². The molecule has 144 valence electrons. The zero-order valence-electron chi connectivity index (χ0n) is 15.2. The number of nitrogens with one attached hydrogen (secondary N) is 3. The molecule has 3 N–H and O–H groups in total. The number of benzene rings is 2. The molecule has 0 atom stereocenters. The fourth-order valence-corrected chi connectivity index (χ4v) is 2.07. The van der Waals surface area contributed by atoms with E-state index in [9.17, 15) is 19.2 Å². The van der Waals surface area contributed by atoms with E-state index in [0.29, 0.717) is 22.5 Å². The Hall–Kier alpha value is -4.01. The molecule has 28 heavy (non-hydrogen) atoms. The van der Waals surface area contributed by atoms with E-state index >= 15 is 0 Å². The quantitative estimate of drug-likeness (QED) is 0.313. The fraction of sp³-hybridized carbons (Fsp3) is 0.105. The van der Waals surface area contributed by atoms with Crippen molar-refractivity contribution in [3.05, 3.63) is 59.7 Å². The summed E-state index contributed by atoms with van der Waals surface area (Å²) >= 11 is 0. The largest absolute Gasteiger partial charge is 0.465 e. The van der Waals surface area contributed by atoms with Gasteiger partial charge in [0.2, 0.25) is 5.91 Å². The predicted octanol–water partition coefficient (Wildman–Crippen LogP) is 1.52. The van der Waals surface area contributed by atoms with E-state index in [1.807, 2.05) is 0 Å². The Morgan fingerprint density at radius 3 is 1.96 bits per heavy atom. The lowest BCUT2D eigenvalue weighted by atomic mass is 10.1. The molecule has 0 aromatic heterocycles. The maximum atomic E-state index is 11.9. The van der Waals surface area contributed by atoms with Crippen molar-refractivity contribution in [2.24, 2.45) is 5.10 Å². The first-order valence-electron chi connectivity index (χ1n) is 8.09. The number of anilines is 2. The minimum Gasteiger partial charge on any atom is -0.465 e. The van der Waals surface area contributed by atoms with Crippen LogP contribution in [0.15, 0.2) is 53.6 Å². The molecule has 0 saturated carbocycles. The van der Waals surface area contributed by atoms with Crippen molar-refractivity contribution in [3.8, 4) is 0 Å². The molecule has 9 heteroatoms. The molecule has 2 aromatic carbocycles. The lowest BCUT2D eigenvalue weighted by Gasteiger charge is -2.06. The molecule has 3 amide bonds. The molecule has 0 aliphatic heterocycles. The number of carbonyl (C=O) groups excluding carboxylic acids is 4. The lowest BCUT2D eigenvalue weighted by molar-refractivity contribution is -0.136. The number of ether oxygens (including phenoxy) is 1. The van der Waals surface area contributed by atoms with Gasteiger partial charge in [0.15, 0.2) is 0 Å². The van der Waals surface area contributed by atoms with Crippen LogP contribution in [0.1, 0.15) is 22.8 Å². The zero-order chi connectivity index (χ0) is 20.5. The Balaban J connectivity index is 1.86. The zero-order valence-corrected chi connectivity index (χ0v) is 15.2. The van der Waals surface area contributed by atoms with Crippen LogP contribution in [0.5, 0.6) is 0 Å². The second-order valence-electron chi connectivity index (χ2n) is 5.53. The first-order valence-corrected chi connectivity index (χ1v) is 8.09. The highest BCUT2D eigenvalue weighted by molar-refractivity contribution is 6.39. The summed E-state index contributed by atoms with van der Waals surface area (Å²) in [5.74, 6) is -2.52. The van der Waals surface area contributed by atoms with E-state index in [1.54, 1.807) is 48.5 Å². The fourth-order valence-electron chi connectivity index (χ4n) is 2.07. The molecule has 0 saturated heterocycles. The van der Waals surface area contributed by atoms with Crippen LogP contribution in [0, 0.1) is 0 Å². The normalized spacial score (nSPS) is 10.2. The van der Waals surface area contributed by atoms with Crippen LogP contribution < -0.4 is 16.1 Å². The van der Waals surface area contributed by atoms with Crippen LogP contribution in [-0.4, -0.2) is 37.0 Å². The molecule has 9 nitrogen and oxygen atoms in total. The average Bonchev–Trinajstić information content (AvgIpc) is 2.69. The third-order valence-electron chi connectivity index (χ3n) is 3.38. The van der Waals surface area contributed by atoms with Gasteiger partial charge in [-0.05, 0) is 42.0 Å². The predicted molar refractivity (Wildman–Crippen MR) is 103 cm³/mol. The first-order chi connectivity index (χ1) is 13.4. The van der Waals surface area contributed by atoms with Crippen LogP contribution in [-0.2, 0) is 19.1 Å². The maximum Gasteiger partial charge on any atom is 0.337 e. The smallest absolute Gasteiger partial charge is 0.337 e. The number of methoxy groups -OCH3 is 1. The Morgan fingerprint density at radius 2 is 1.43 bits per heavy atom. The van der Waals surface area contributed by atoms with Gasteiger partial charge in [0, 0.05) is 18.3 Å². The minimum absolute atomic E-state index is 0.214. The number of carbonyl (C=O) groups is 4. The van der Waals surface area contributed by atoms with Crippen molar-refractivity contribution in [2.45, 2.75) is 6.92 Å². The molecule has 0 unspecified atom stereocenters. The lowest BCUT2D eigenvalue weighted by Crippen LogP contribution is -2.32. The van der Waals surface area contributed by atoms with Crippen LogP contribution >= 0.6 is 0 Å². The van der Waals surface area contributed by atoms with Crippen molar-refractivity contribution in [3.63, 3.8) is 0 Å². The molecule has 0 aliphatic rings. The average molecular weight is 382 g/mol. The molecular weight excluding hydrogens is 364 g/mol. The van der Waals surface area contributed by atoms with Gasteiger partial charge in [-0.15, -0.1) is 0 Å². The molecule has 0 spiro atoms. The van der Waals surface area contributed by atoms with Gasteiger partial charge in [0.25, 0.3) is 0 Å². The standard InChI is InChI=1S/C19H18N4O5/c1-12(24)21-15-7-9-16(10-8-15)22-17(25)18(26)23-20-11-13-3-5-14(6-4-13)19(27)28-2/h3-11H,1-2H3,(H,21,24)(H,22,25)(H,23,26)/b20-11+. The summed E-state index contributed by atoms with van der Waals surface area (Å²) in [6.07, 6.45) is 1.33. The van der Waals surface area contributed by atoms with Crippen molar-refractivity contribution in [1.29, 1.82) is 0 Å². The number of esters is 1. The molecule has 0 heterocycles. The number of hydrogen-bond acceptors (Lipinski definition) is 6. The first kappa shape index (κ1) is 20.3. The molecule has 0 radical (unpaired) electrons. The van der Waals surface area contributed by atoms with E-state index < -0.39 is 17.8 Å². The third-order valence-corrected chi connectivity index (χ3v) is 3.38. The number of rotatable bonds is 5. The second-order valence-corrected chi connectivity index (χ2v) is 5.53. The van der Waals surface area contributed by atoms with Crippen molar-refractivity contribution in [2.75, 3.05) is 17.7 Å². The molecular formula is C19H18N4O5. The van der Waals surface area contributed by atoms with Crippen LogP contribution in [0.25, 0.3) is 0 Å². The Kier molecular flexibility index (Phi) is 6.98. The molecule has 0 fully saturated rings. The summed E-state index contributed by atoms with van der Waals surface area (Å²) in [5.41, 5.74) is 4.06. The topological polar surface area (TPSA) is 126 Å². The second kappa shape index (κ2) is 9.62. The molecule has 2 aromatic rings. The van der Waals surface area contributed by atoms with Gasteiger partial charge in [0.05, 0.1) is 18.9 Å². The molecule has 0 aliphatic carbocycles. The van der Waals surface area contributed by atoms with Gasteiger partial charge in [0.1, 0.15) is 0 Å². The summed E-state index contributed by atoms with van der Waals surface area (Å²) in [6.45, 7) is 1.38. The number of nitrogens with zero attached hydrogens (tertiary/aromatic N) is 1. The number of amides is 3. The third kappa shape index (κ3) is 6.06. The molecule has 2 rings (SSSR count). The monoisotopic (exact) mass is 382 g/mol. The van der Waals surface area contributed by atoms with Crippen molar-refractivity contribution >= 4 is 41.3 Å². The summed E-state index contributed by atoms with van der Waals surface area (Å²) < 4.78 is 4.59. The van der Waals surface area contributed by atoms with Gasteiger partial charge in [-0.1, -0.05) is 12.1 Å². The van der Waals surface area contributed by atoms with E-state index in [-0.39, 0.29) is 5.91 Å². The highest BCUT2D eigenvalue weighted by Gasteiger charge is 2.12. The van der Waals surface area contributed by atoms with Crippen molar-refractivity contribution in [1.82, 2.24) is 5.43 Å². The van der Waals surface area contributed by atoms with E-state index in [1.165, 1.54) is 20.2 Å². The number of hydrazone groups is 1. The highest BCUT2D eigenvalue weighted by atomic mass is 16.5.